The molecule has 242 valence electrons. The predicted molar refractivity (Wildman–Crippen MR) is 189 cm³/mol. The number of esters is 1. The molecule has 4 aromatic carbocycles. The second-order valence-corrected chi connectivity index (χ2v) is 12.5. The minimum atomic E-state index is -0.601. The lowest BCUT2D eigenvalue weighted by atomic mass is 10.1. The van der Waals surface area contributed by atoms with Crippen molar-refractivity contribution in [3.63, 3.8) is 0 Å². The Morgan fingerprint density at radius 1 is 0.809 bits per heavy atom. The van der Waals surface area contributed by atoms with Crippen LogP contribution in [-0.2, 0) is 14.3 Å². The van der Waals surface area contributed by atoms with E-state index in [-0.39, 0.29) is 11.6 Å². The Balaban J connectivity index is 1.43. The number of anilines is 2. The molecule has 1 unspecified atom stereocenters. The van der Waals surface area contributed by atoms with Gasteiger partial charge in [0.25, 0.3) is 11.8 Å². The van der Waals surface area contributed by atoms with E-state index in [1.165, 1.54) is 17.8 Å². The average molecular weight is 691 g/mol. The number of hydrogen-bond donors (Lipinski definition) is 3. The Morgan fingerprint density at radius 2 is 1.49 bits per heavy atom. The molecule has 0 spiro atoms. The third-order valence-electron chi connectivity index (χ3n) is 6.71. The van der Waals surface area contributed by atoms with Gasteiger partial charge >= 0.3 is 5.97 Å². The van der Waals surface area contributed by atoms with Crippen LogP contribution in [0.25, 0.3) is 6.08 Å². The van der Waals surface area contributed by atoms with Crippen LogP contribution >= 0.6 is 35.0 Å². The lowest BCUT2D eigenvalue weighted by molar-refractivity contribution is -0.115. The fourth-order valence-corrected chi connectivity index (χ4v) is 5.60. The number of ether oxygens (including phenoxy) is 1. The first kappa shape index (κ1) is 35.3. The summed E-state index contributed by atoms with van der Waals surface area (Å²) in [7, 11) is 0. The number of halogens is 2. The van der Waals surface area contributed by atoms with E-state index in [0.29, 0.717) is 44.7 Å². The zero-order valence-corrected chi connectivity index (χ0v) is 28.0. The van der Waals surface area contributed by atoms with Crippen LogP contribution < -0.4 is 16.0 Å². The molecule has 11 heteroatoms. The molecule has 4 rings (SSSR count). The quantitative estimate of drug-likeness (QED) is 0.0562. The zero-order chi connectivity index (χ0) is 33.8. The molecule has 0 fully saturated rings. The third-order valence-corrected chi connectivity index (χ3v) is 8.46. The Bertz CT molecular complexity index is 1740. The number of carbonyl (C=O) groups excluding carboxylic acids is 4. The van der Waals surface area contributed by atoms with Crippen LogP contribution in [0.5, 0.6) is 0 Å². The Kier molecular flexibility index (Phi) is 13.0. The topological polar surface area (TPSA) is 114 Å². The number of nitrogens with one attached hydrogen (secondary N) is 3. The number of hydrogen-bond acceptors (Lipinski definition) is 6. The number of benzene rings is 4. The molecule has 47 heavy (non-hydrogen) atoms. The van der Waals surface area contributed by atoms with Gasteiger partial charge in [-0.25, -0.2) is 4.79 Å². The van der Waals surface area contributed by atoms with Crippen LogP contribution in [0.3, 0.4) is 0 Å². The molecule has 0 aliphatic carbocycles. The largest absolute Gasteiger partial charge is 0.462 e. The number of rotatable bonds is 13. The van der Waals surface area contributed by atoms with E-state index < -0.39 is 23.0 Å². The molecule has 0 aliphatic rings. The fraction of sp³-hybridized carbons (Fsp3) is 0.167. The summed E-state index contributed by atoms with van der Waals surface area (Å²) in [6.07, 6.45) is 3.16. The van der Waals surface area contributed by atoms with Crippen molar-refractivity contribution in [3.05, 3.63) is 129 Å². The monoisotopic (exact) mass is 689 g/mol. The minimum absolute atomic E-state index is 0.0695. The van der Waals surface area contributed by atoms with Crippen molar-refractivity contribution in [2.24, 2.45) is 0 Å². The maximum atomic E-state index is 13.5. The maximum absolute atomic E-state index is 13.5. The van der Waals surface area contributed by atoms with Crippen LogP contribution in [0.15, 0.2) is 108 Å². The highest BCUT2D eigenvalue weighted by Gasteiger charge is 2.19. The fourth-order valence-electron chi connectivity index (χ4n) is 4.16. The van der Waals surface area contributed by atoms with Gasteiger partial charge in [0.2, 0.25) is 5.91 Å². The molecule has 0 aromatic heterocycles. The summed E-state index contributed by atoms with van der Waals surface area (Å²) in [4.78, 5) is 52.3. The van der Waals surface area contributed by atoms with Crippen LogP contribution in [0, 0.1) is 0 Å². The molecule has 0 saturated carbocycles. The second-order valence-electron chi connectivity index (χ2n) is 10.3. The molecule has 8 nitrogen and oxygen atoms in total. The van der Waals surface area contributed by atoms with Gasteiger partial charge in [-0.3, -0.25) is 14.4 Å². The maximum Gasteiger partial charge on any atom is 0.338 e. The molecular weight excluding hydrogens is 657 g/mol. The van der Waals surface area contributed by atoms with E-state index in [9.17, 15) is 19.2 Å². The third kappa shape index (κ3) is 10.5. The van der Waals surface area contributed by atoms with Crippen LogP contribution in [0.1, 0.15) is 53.0 Å². The van der Waals surface area contributed by atoms with Gasteiger partial charge in [0, 0.05) is 37.4 Å². The molecule has 0 bridgehead atoms. The number of amides is 3. The molecule has 0 saturated heterocycles. The summed E-state index contributed by atoms with van der Waals surface area (Å²) in [5.74, 6) is -1.73. The van der Waals surface area contributed by atoms with E-state index >= 15 is 0 Å². The van der Waals surface area contributed by atoms with Gasteiger partial charge in [-0.2, -0.15) is 0 Å². The van der Waals surface area contributed by atoms with Crippen molar-refractivity contribution in [3.8, 4) is 0 Å². The van der Waals surface area contributed by atoms with E-state index in [1.807, 2.05) is 13.0 Å². The van der Waals surface area contributed by atoms with E-state index in [2.05, 4.69) is 16.0 Å². The first-order valence-electron chi connectivity index (χ1n) is 14.8. The molecule has 4 aromatic rings. The summed E-state index contributed by atoms with van der Waals surface area (Å²) < 4.78 is 5.22. The average Bonchev–Trinajstić information content (AvgIpc) is 3.06. The first-order valence-corrected chi connectivity index (χ1v) is 16.5. The molecule has 0 aliphatic heterocycles. The number of unbranched alkanes of at least 4 members (excludes halogenated alkanes) is 1. The number of thioether (sulfide) groups is 1. The van der Waals surface area contributed by atoms with Gasteiger partial charge in [0.05, 0.1) is 17.4 Å². The summed E-state index contributed by atoms with van der Waals surface area (Å²) >= 11 is 14.0. The molecule has 3 N–H and O–H groups in total. The summed E-state index contributed by atoms with van der Waals surface area (Å²) in [5.41, 5.74) is 2.07. The Hall–Kier alpha value is -4.57. The van der Waals surface area contributed by atoms with Gasteiger partial charge < -0.3 is 20.7 Å². The highest BCUT2D eigenvalue weighted by atomic mass is 35.5. The smallest absolute Gasteiger partial charge is 0.338 e. The molecule has 0 radical (unpaired) electrons. The summed E-state index contributed by atoms with van der Waals surface area (Å²) in [5, 5.41) is 8.46. The number of carbonyl (C=O) groups is 4. The van der Waals surface area contributed by atoms with Gasteiger partial charge in [-0.15, -0.1) is 11.8 Å². The van der Waals surface area contributed by atoms with Crippen molar-refractivity contribution in [2.45, 2.75) is 36.8 Å². The molecule has 3 amide bonds. The summed E-state index contributed by atoms with van der Waals surface area (Å²) in [6.45, 7) is 4.15. The van der Waals surface area contributed by atoms with Gasteiger partial charge in [0.1, 0.15) is 5.70 Å². The van der Waals surface area contributed by atoms with Crippen molar-refractivity contribution >= 4 is 76.1 Å². The SMILES string of the molecule is CCCCOC(=O)c1ccc(NC(=O)C(C)Sc2cccc(NC(=O)/C(=C\c3c(Cl)cccc3Cl)NC(=O)c3ccccc3)c2)cc1. The van der Waals surface area contributed by atoms with Gasteiger partial charge in [-0.1, -0.05) is 66.9 Å². The first-order chi connectivity index (χ1) is 22.6. The standard InChI is InChI=1S/C36H33Cl2N3O5S/c1-3-4-20-46-36(45)25-16-18-26(19-17-25)39-33(42)23(2)47-28-13-8-12-27(21-28)40-35(44)32(22-29-30(37)14-9-15-31(29)38)41-34(43)24-10-6-5-7-11-24/h5-19,21-23H,3-4,20H2,1-2H3,(H,39,42)(H,40,44)(H,41,43)/b32-22+. The second kappa shape index (κ2) is 17.4. The van der Waals surface area contributed by atoms with Crippen LogP contribution in [0.4, 0.5) is 11.4 Å². The predicted octanol–water partition coefficient (Wildman–Crippen LogP) is 8.48. The summed E-state index contributed by atoms with van der Waals surface area (Å²) in [6, 6.07) is 26.9. The van der Waals surface area contributed by atoms with Crippen molar-refractivity contribution < 1.29 is 23.9 Å². The Labute approximate surface area is 287 Å². The molecule has 1 atom stereocenters. The van der Waals surface area contributed by atoms with E-state index in [4.69, 9.17) is 27.9 Å². The zero-order valence-electron chi connectivity index (χ0n) is 25.7. The van der Waals surface area contributed by atoms with E-state index in [1.54, 1.807) is 97.9 Å². The normalized spacial score (nSPS) is 11.7. The van der Waals surface area contributed by atoms with Crippen molar-refractivity contribution in [1.82, 2.24) is 5.32 Å². The Morgan fingerprint density at radius 3 is 2.17 bits per heavy atom. The highest BCUT2D eigenvalue weighted by Crippen LogP contribution is 2.29. The lowest BCUT2D eigenvalue weighted by Crippen LogP contribution is -2.30. The van der Waals surface area contributed by atoms with Gasteiger partial charge in [-0.05, 0) is 86.2 Å². The lowest BCUT2D eigenvalue weighted by Gasteiger charge is -2.14. The molecule has 0 heterocycles. The van der Waals surface area contributed by atoms with E-state index in [0.717, 1.165) is 17.7 Å². The highest BCUT2D eigenvalue weighted by molar-refractivity contribution is 8.00. The van der Waals surface area contributed by atoms with Crippen LogP contribution in [-0.4, -0.2) is 35.5 Å². The minimum Gasteiger partial charge on any atom is -0.462 e. The van der Waals surface area contributed by atoms with Gasteiger partial charge in [0.15, 0.2) is 0 Å². The van der Waals surface area contributed by atoms with Crippen molar-refractivity contribution in [1.29, 1.82) is 0 Å². The van der Waals surface area contributed by atoms with Crippen molar-refractivity contribution in [2.75, 3.05) is 17.2 Å². The van der Waals surface area contributed by atoms with Crippen LogP contribution in [0.2, 0.25) is 10.0 Å². The molecular formula is C36H33Cl2N3O5S.